The lowest BCUT2D eigenvalue weighted by Crippen LogP contribution is -2.24. The molecule has 2 atom stereocenters. The second-order valence-electron chi connectivity index (χ2n) is 7.31. The molecule has 0 fully saturated rings. The third-order valence-corrected chi connectivity index (χ3v) is 6.09. The highest BCUT2D eigenvalue weighted by Crippen LogP contribution is 2.46. The molecule has 0 N–H and O–H groups in total. The van der Waals surface area contributed by atoms with E-state index in [1.807, 2.05) is 0 Å². The lowest BCUT2D eigenvalue weighted by atomic mass is 9.82. The third kappa shape index (κ3) is 2.20. The molecule has 0 saturated heterocycles. The van der Waals surface area contributed by atoms with Crippen molar-refractivity contribution in [3.63, 3.8) is 0 Å². The molecule has 2 aromatic rings. The van der Waals surface area contributed by atoms with Crippen molar-refractivity contribution in [2.45, 2.75) is 32.1 Å². The van der Waals surface area contributed by atoms with Gasteiger partial charge in [0.05, 0.1) is 0 Å². The van der Waals surface area contributed by atoms with Crippen LogP contribution in [0.1, 0.15) is 30.4 Å². The second-order valence-corrected chi connectivity index (χ2v) is 7.31. The number of allylic oxidation sites excluding steroid dienone is 2. The molecule has 0 aromatic heterocycles. The smallest absolute Gasteiger partial charge is 0.00585 e. The van der Waals surface area contributed by atoms with Crippen LogP contribution in [0.2, 0.25) is 0 Å². The fraction of sp³-hybridized carbons (Fsp3) is 0.304. The molecule has 0 spiro atoms. The first-order chi connectivity index (χ1) is 11.4. The van der Waals surface area contributed by atoms with Gasteiger partial charge in [-0.1, -0.05) is 71.8 Å². The first kappa shape index (κ1) is 13.4. The molecule has 2 bridgehead atoms. The van der Waals surface area contributed by atoms with Gasteiger partial charge < -0.3 is 0 Å². The van der Waals surface area contributed by atoms with E-state index in [-0.39, 0.29) is 0 Å². The molecule has 0 radical (unpaired) electrons. The highest BCUT2D eigenvalue weighted by atomic mass is 14.4. The van der Waals surface area contributed by atoms with Gasteiger partial charge in [0.2, 0.25) is 0 Å². The van der Waals surface area contributed by atoms with Crippen molar-refractivity contribution in [1.82, 2.24) is 0 Å². The summed E-state index contributed by atoms with van der Waals surface area (Å²) in [6.07, 6.45) is 11.1. The van der Waals surface area contributed by atoms with Crippen molar-refractivity contribution >= 4 is 12.2 Å². The van der Waals surface area contributed by atoms with E-state index in [0.29, 0.717) is 0 Å². The van der Waals surface area contributed by atoms with Crippen LogP contribution in [-0.4, -0.2) is 0 Å². The Kier molecular flexibility index (Phi) is 3.04. The molecule has 3 aliphatic carbocycles. The van der Waals surface area contributed by atoms with Crippen LogP contribution >= 0.6 is 0 Å². The highest BCUT2D eigenvalue weighted by molar-refractivity contribution is 5.47. The van der Waals surface area contributed by atoms with Gasteiger partial charge in [0.1, 0.15) is 0 Å². The summed E-state index contributed by atoms with van der Waals surface area (Å²) >= 11 is 0. The van der Waals surface area contributed by atoms with E-state index >= 15 is 0 Å². The zero-order valence-corrected chi connectivity index (χ0v) is 13.5. The van der Waals surface area contributed by atoms with E-state index in [4.69, 9.17) is 0 Å². The van der Waals surface area contributed by atoms with Crippen molar-refractivity contribution in [3.8, 4) is 0 Å². The van der Waals surface area contributed by atoms with E-state index in [2.05, 4.69) is 60.7 Å². The Morgan fingerprint density at radius 1 is 0.609 bits per heavy atom. The summed E-state index contributed by atoms with van der Waals surface area (Å²) in [4.78, 5) is 0. The molecule has 0 heterocycles. The summed E-state index contributed by atoms with van der Waals surface area (Å²) in [7, 11) is 0. The molecule has 0 heteroatoms. The summed E-state index contributed by atoms with van der Waals surface area (Å²) in [6, 6.07) is 17.9. The normalized spacial score (nSPS) is 28.0. The van der Waals surface area contributed by atoms with Crippen molar-refractivity contribution < 1.29 is 0 Å². The number of hydrogen-bond acceptors (Lipinski definition) is 0. The average molecular weight is 298 g/mol. The van der Waals surface area contributed by atoms with Gasteiger partial charge in [0.15, 0.2) is 0 Å². The summed E-state index contributed by atoms with van der Waals surface area (Å²) in [5.41, 5.74) is 6.69. The van der Waals surface area contributed by atoms with Crippen molar-refractivity contribution in [1.29, 1.82) is 0 Å². The van der Waals surface area contributed by atoms with Crippen molar-refractivity contribution in [3.05, 3.63) is 81.2 Å². The topological polar surface area (TPSA) is 0 Å². The minimum atomic E-state index is 0.767. The lowest BCUT2D eigenvalue weighted by molar-refractivity contribution is 0.519. The van der Waals surface area contributed by atoms with Crippen LogP contribution in [0.3, 0.4) is 0 Å². The molecule has 2 unspecified atom stereocenters. The van der Waals surface area contributed by atoms with E-state index in [0.717, 1.165) is 11.8 Å². The largest absolute Gasteiger partial charge is 0.0761 e. The highest BCUT2D eigenvalue weighted by Gasteiger charge is 2.35. The van der Waals surface area contributed by atoms with Gasteiger partial charge in [-0.05, 0) is 65.5 Å². The Hall–Kier alpha value is -2.08. The Labute approximate surface area is 137 Å². The van der Waals surface area contributed by atoms with Gasteiger partial charge in [-0.3, -0.25) is 0 Å². The lowest BCUT2D eigenvalue weighted by Gasteiger charge is -2.23. The fourth-order valence-electron chi connectivity index (χ4n) is 4.88. The van der Waals surface area contributed by atoms with E-state index in [1.54, 1.807) is 22.3 Å². The molecule has 114 valence electrons. The predicted octanol–water partition coefficient (Wildman–Crippen LogP) is 3.77. The van der Waals surface area contributed by atoms with Gasteiger partial charge in [-0.15, -0.1) is 0 Å². The quantitative estimate of drug-likeness (QED) is 0.649. The average Bonchev–Trinajstić information content (AvgIpc) is 2.97. The number of rotatable bonds is 0. The molecule has 0 saturated carbocycles. The molecule has 0 amide bonds. The summed E-state index contributed by atoms with van der Waals surface area (Å²) in [6.45, 7) is 0. The zero-order valence-electron chi connectivity index (χ0n) is 13.5. The maximum atomic E-state index is 2.48. The van der Waals surface area contributed by atoms with Crippen LogP contribution in [0.4, 0.5) is 0 Å². The maximum absolute atomic E-state index is 2.48. The zero-order chi connectivity index (χ0) is 15.2. The van der Waals surface area contributed by atoms with Gasteiger partial charge in [-0.25, -0.2) is 0 Å². The standard InChI is InChI=1S/C23H22/c1-2-6-17-10-12-21-13-20(11-9-16(17)5-1)22-14-18-7-3-4-8-19(18)15-23(21)22/h1-10,20-21H,11-15H2/b16-9-,17-10-. The van der Waals surface area contributed by atoms with E-state index < -0.39 is 0 Å². The monoisotopic (exact) mass is 298 g/mol. The SMILES string of the molecule is C1=c2/cccc/c2=C/CC2CC(C/1)C1=C2Cc2ccccc2C1. The molecule has 3 aliphatic rings. The van der Waals surface area contributed by atoms with Crippen LogP contribution < -0.4 is 10.4 Å². The van der Waals surface area contributed by atoms with Crippen LogP contribution in [0.5, 0.6) is 0 Å². The Morgan fingerprint density at radius 3 is 1.61 bits per heavy atom. The molecule has 0 aliphatic heterocycles. The van der Waals surface area contributed by atoms with Crippen molar-refractivity contribution in [2.24, 2.45) is 11.8 Å². The molecular formula is C23H22. The first-order valence-corrected chi connectivity index (χ1v) is 8.92. The number of hydrogen-bond donors (Lipinski definition) is 0. The first-order valence-electron chi connectivity index (χ1n) is 8.92. The minimum Gasteiger partial charge on any atom is -0.0761 e. The summed E-state index contributed by atoms with van der Waals surface area (Å²) in [5.74, 6) is 1.53. The summed E-state index contributed by atoms with van der Waals surface area (Å²) in [5, 5.41) is 2.86. The maximum Gasteiger partial charge on any atom is -0.00585 e. The fourth-order valence-corrected chi connectivity index (χ4v) is 4.88. The predicted molar refractivity (Wildman–Crippen MR) is 96.3 cm³/mol. The Balaban J connectivity index is 1.58. The molecule has 5 rings (SSSR count). The van der Waals surface area contributed by atoms with Crippen LogP contribution in [-0.2, 0) is 12.8 Å². The van der Waals surface area contributed by atoms with Gasteiger partial charge in [-0.2, -0.15) is 0 Å². The van der Waals surface area contributed by atoms with Gasteiger partial charge in [0.25, 0.3) is 0 Å². The Bertz CT molecular complexity index is 839. The van der Waals surface area contributed by atoms with Crippen LogP contribution in [0.15, 0.2) is 59.7 Å². The summed E-state index contributed by atoms with van der Waals surface area (Å²) < 4.78 is 0. The number of fused-ring (bicyclic) bond motifs is 6. The van der Waals surface area contributed by atoms with E-state index in [9.17, 15) is 0 Å². The Morgan fingerprint density at radius 2 is 1.09 bits per heavy atom. The minimum absolute atomic E-state index is 0.767. The van der Waals surface area contributed by atoms with E-state index in [1.165, 1.54) is 42.5 Å². The number of benzene rings is 2. The van der Waals surface area contributed by atoms with Gasteiger partial charge in [0, 0.05) is 0 Å². The third-order valence-electron chi connectivity index (χ3n) is 6.09. The molecule has 23 heavy (non-hydrogen) atoms. The van der Waals surface area contributed by atoms with Crippen molar-refractivity contribution in [2.75, 3.05) is 0 Å². The van der Waals surface area contributed by atoms with Crippen LogP contribution in [0, 0.1) is 11.8 Å². The van der Waals surface area contributed by atoms with Crippen LogP contribution in [0.25, 0.3) is 12.2 Å². The van der Waals surface area contributed by atoms with Gasteiger partial charge >= 0.3 is 0 Å². The molecule has 0 nitrogen and oxygen atoms in total. The second kappa shape index (κ2) is 5.23. The molecule has 2 aromatic carbocycles. The molecular weight excluding hydrogens is 276 g/mol.